The van der Waals surface area contributed by atoms with E-state index in [-0.39, 0.29) is 5.97 Å². The van der Waals surface area contributed by atoms with Crippen LogP contribution >= 0.6 is 11.8 Å². The first kappa shape index (κ1) is 20.5. The average molecular weight is 373 g/mol. The van der Waals surface area contributed by atoms with E-state index in [0.717, 1.165) is 35.2 Å². The van der Waals surface area contributed by atoms with Crippen molar-refractivity contribution in [1.82, 2.24) is 0 Å². The molecule has 0 amide bonds. The van der Waals surface area contributed by atoms with Gasteiger partial charge in [0.05, 0.1) is 20.1 Å². The summed E-state index contributed by atoms with van der Waals surface area (Å²) in [6.07, 6.45) is 1.97. The van der Waals surface area contributed by atoms with Crippen molar-refractivity contribution in [2.45, 2.75) is 18.6 Å². The molecule has 0 saturated carbocycles. The van der Waals surface area contributed by atoms with Gasteiger partial charge < -0.3 is 9.22 Å². The Morgan fingerprint density at radius 3 is 1.81 bits per heavy atom. The van der Waals surface area contributed by atoms with Crippen molar-refractivity contribution in [3.63, 3.8) is 0 Å². The number of rotatable bonds is 9. The van der Waals surface area contributed by atoms with E-state index in [4.69, 9.17) is 4.74 Å². The van der Waals surface area contributed by atoms with Crippen LogP contribution in [0.5, 0.6) is 0 Å². The fourth-order valence-corrected chi connectivity index (χ4v) is 4.04. The van der Waals surface area contributed by atoms with Gasteiger partial charge in [-0.1, -0.05) is 60.7 Å². The van der Waals surface area contributed by atoms with Crippen molar-refractivity contribution in [3.8, 4) is 0 Å². The fourth-order valence-electron chi connectivity index (χ4n) is 3.07. The van der Waals surface area contributed by atoms with E-state index in [0.29, 0.717) is 6.61 Å². The van der Waals surface area contributed by atoms with Crippen LogP contribution in [0.15, 0.2) is 60.7 Å². The van der Waals surface area contributed by atoms with Crippen LogP contribution in [0.4, 0.5) is 0 Å². The first-order chi connectivity index (χ1) is 12.5. The van der Waals surface area contributed by atoms with Crippen LogP contribution in [0.25, 0.3) is 0 Å². The van der Waals surface area contributed by atoms with E-state index in [1.807, 2.05) is 66.9 Å². The van der Waals surface area contributed by atoms with Crippen molar-refractivity contribution >= 4 is 17.7 Å². The predicted molar refractivity (Wildman–Crippen MR) is 110 cm³/mol. The zero-order chi connectivity index (χ0) is 19.0. The monoisotopic (exact) mass is 372 g/mol. The van der Waals surface area contributed by atoms with Gasteiger partial charge in [0, 0.05) is 0 Å². The van der Waals surface area contributed by atoms with E-state index < -0.39 is 4.75 Å². The third kappa shape index (κ3) is 4.30. The van der Waals surface area contributed by atoms with Crippen LogP contribution in [0, 0.1) is 0 Å². The molecule has 2 aromatic rings. The average Bonchev–Trinajstić information content (AvgIpc) is 2.70. The molecule has 26 heavy (non-hydrogen) atoms. The molecule has 2 rings (SSSR count). The predicted octanol–water partition coefficient (Wildman–Crippen LogP) is 4.32. The van der Waals surface area contributed by atoms with Crippen LogP contribution < -0.4 is 0 Å². The highest BCUT2D eigenvalue weighted by molar-refractivity contribution is 8.00. The maximum Gasteiger partial charge on any atom is 0.331 e. The fraction of sp³-hybridized carbons (Fsp3) is 0.409. The quantitative estimate of drug-likeness (QED) is 0.484. The smallest absolute Gasteiger partial charge is 0.331 e. The maximum atomic E-state index is 13.3. The van der Waals surface area contributed by atoms with Crippen LogP contribution in [-0.4, -0.2) is 50.0 Å². The SMILES string of the molecule is CC[N+](C)(CC)CCOC(=O)C(SC)(c1ccccc1)c1ccccc1. The Morgan fingerprint density at radius 2 is 1.42 bits per heavy atom. The second-order valence-electron chi connectivity index (χ2n) is 6.73. The summed E-state index contributed by atoms with van der Waals surface area (Å²) in [5, 5.41) is 0. The number of esters is 1. The standard InChI is InChI=1S/C22H30NO2S/c1-5-23(3,6-2)17-18-25-21(24)22(26-4,19-13-9-7-10-14-19)20-15-11-8-12-16-20/h7-16H,5-6,17-18H2,1-4H3/q+1. The molecule has 4 heteroatoms. The van der Waals surface area contributed by atoms with Crippen molar-refractivity contribution in [2.24, 2.45) is 0 Å². The molecule has 0 unspecified atom stereocenters. The summed E-state index contributed by atoms with van der Waals surface area (Å²) >= 11 is 1.52. The number of likely N-dealkylation sites (N-methyl/N-ethyl adjacent to an activating group) is 1. The zero-order valence-corrected chi connectivity index (χ0v) is 17.1. The van der Waals surface area contributed by atoms with Gasteiger partial charge in [-0.25, -0.2) is 4.79 Å². The largest absolute Gasteiger partial charge is 0.458 e. The molecule has 0 saturated heterocycles. The highest BCUT2D eigenvalue weighted by Crippen LogP contribution is 2.42. The molecule has 0 aromatic heterocycles. The van der Waals surface area contributed by atoms with Gasteiger partial charge >= 0.3 is 5.97 Å². The minimum Gasteiger partial charge on any atom is -0.458 e. The molecule has 0 aliphatic rings. The number of thioether (sulfide) groups is 1. The summed E-state index contributed by atoms with van der Waals surface area (Å²) in [6.45, 7) is 7.65. The number of quaternary nitrogens is 1. The summed E-state index contributed by atoms with van der Waals surface area (Å²) in [7, 11) is 2.20. The lowest BCUT2D eigenvalue weighted by Crippen LogP contribution is -2.46. The molecular weight excluding hydrogens is 342 g/mol. The normalized spacial score (nSPS) is 12.0. The Hall–Kier alpha value is -1.78. The molecule has 140 valence electrons. The summed E-state index contributed by atoms with van der Waals surface area (Å²) in [5.74, 6) is -0.193. The Bertz CT molecular complexity index is 644. The van der Waals surface area contributed by atoms with Gasteiger partial charge in [0.15, 0.2) is 4.75 Å². The highest BCUT2D eigenvalue weighted by atomic mass is 32.2. The number of hydrogen-bond acceptors (Lipinski definition) is 3. The Balaban J connectivity index is 2.31. The van der Waals surface area contributed by atoms with Crippen molar-refractivity contribution in [3.05, 3.63) is 71.8 Å². The van der Waals surface area contributed by atoms with E-state index in [1.165, 1.54) is 11.8 Å². The van der Waals surface area contributed by atoms with Crippen LogP contribution in [0.2, 0.25) is 0 Å². The molecule has 0 aliphatic heterocycles. The lowest BCUT2D eigenvalue weighted by Gasteiger charge is -2.34. The Morgan fingerprint density at radius 1 is 0.962 bits per heavy atom. The molecule has 0 spiro atoms. The molecule has 2 aromatic carbocycles. The van der Waals surface area contributed by atoms with Crippen molar-refractivity contribution < 1.29 is 14.0 Å². The Kier molecular flexibility index (Phi) is 7.30. The lowest BCUT2D eigenvalue weighted by molar-refractivity contribution is -0.906. The molecule has 0 fully saturated rings. The number of carbonyl (C=O) groups is 1. The summed E-state index contributed by atoms with van der Waals surface area (Å²) in [5.41, 5.74) is 1.90. The van der Waals surface area contributed by atoms with Crippen molar-refractivity contribution in [2.75, 3.05) is 39.5 Å². The van der Waals surface area contributed by atoms with Gasteiger partial charge in [-0.05, 0) is 31.2 Å². The van der Waals surface area contributed by atoms with Crippen LogP contribution in [-0.2, 0) is 14.3 Å². The third-order valence-electron chi connectivity index (χ3n) is 5.35. The molecule has 0 radical (unpaired) electrons. The van der Waals surface area contributed by atoms with Crippen LogP contribution in [0.1, 0.15) is 25.0 Å². The summed E-state index contributed by atoms with van der Waals surface area (Å²) < 4.78 is 5.89. The lowest BCUT2D eigenvalue weighted by atomic mass is 9.90. The second kappa shape index (κ2) is 9.24. The number of nitrogens with zero attached hydrogens (tertiary/aromatic N) is 1. The first-order valence-corrected chi connectivity index (χ1v) is 10.4. The zero-order valence-electron chi connectivity index (χ0n) is 16.3. The number of hydrogen-bond donors (Lipinski definition) is 0. The van der Waals surface area contributed by atoms with E-state index >= 15 is 0 Å². The van der Waals surface area contributed by atoms with E-state index in [2.05, 4.69) is 20.9 Å². The summed E-state index contributed by atoms with van der Waals surface area (Å²) in [4.78, 5) is 13.3. The van der Waals surface area contributed by atoms with E-state index in [9.17, 15) is 4.79 Å². The molecule has 0 atom stereocenters. The number of ether oxygens (including phenoxy) is 1. The molecular formula is C22H30NO2S+. The molecule has 0 heterocycles. The third-order valence-corrected chi connectivity index (χ3v) is 6.60. The van der Waals surface area contributed by atoms with Crippen molar-refractivity contribution in [1.29, 1.82) is 0 Å². The molecule has 3 nitrogen and oxygen atoms in total. The Labute approximate surface area is 162 Å². The van der Waals surface area contributed by atoms with E-state index in [1.54, 1.807) is 0 Å². The first-order valence-electron chi connectivity index (χ1n) is 9.19. The summed E-state index contributed by atoms with van der Waals surface area (Å²) in [6, 6.07) is 19.8. The second-order valence-corrected chi connectivity index (χ2v) is 7.75. The highest BCUT2D eigenvalue weighted by Gasteiger charge is 2.43. The van der Waals surface area contributed by atoms with Gasteiger partial charge in [-0.15, -0.1) is 11.8 Å². The molecule has 0 N–H and O–H groups in total. The van der Waals surface area contributed by atoms with Crippen LogP contribution in [0.3, 0.4) is 0 Å². The maximum absolute atomic E-state index is 13.3. The van der Waals surface area contributed by atoms with Gasteiger partial charge in [-0.3, -0.25) is 0 Å². The molecule has 0 bridgehead atoms. The molecule has 0 aliphatic carbocycles. The number of carbonyl (C=O) groups excluding carboxylic acids is 1. The van der Waals surface area contributed by atoms with Gasteiger partial charge in [0.2, 0.25) is 0 Å². The minimum atomic E-state index is -0.843. The minimum absolute atomic E-state index is 0.193. The van der Waals surface area contributed by atoms with Gasteiger partial charge in [0.25, 0.3) is 0 Å². The van der Waals surface area contributed by atoms with Gasteiger partial charge in [0.1, 0.15) is 13.2 Å². The topological polar surface area (TPSA) is 26.3 Å². The number of benzene rings is 2. The van der Waals surface area contributed by atoms with Gasteiger partial charge in [-0.2, -0.15) is 0 Å².